The molecule has 1 heterocycles. The van der Waals surface area contributed by atoms with Crippen LogP contribution >= 0.6 is 0 Å². The van der Waals surface area contributed by atoms with Crippen molar-refractivity contribution in [2.75, 3.05) is 13.1 Å². The number of hydrogen-bond acceptors (Lipinski definition) is 2. The van der Waals surface area contributed by atoms with Gasteiger partial charge in [-0.25, -0.2) is 0 Å². The van der Waals surface area contributed by atoms with Crippen molar-refractivity contribution in [3.05, 3.63) is 0 Å². The van der Waals surface area contributed by atoms with E-state index >= 15 is 0 Å². The Morgan fingerprint density at radius 2 is 2.13 bits per heavy atom. The smallest absolute Gasteiger partial charge is 0.314 e. The first-order valence-electron chi connectivity index (χ1n) is 5.42. The van der Waals surface area contributed by atoms with E-state index in [-0.39, 0.29) is 0 Å². The Morgan fingerprint density at radius 3 is 2.60 bits per heavy atom. The normalized spacial score (nSPS) is 29.4. The van der Waals surface area contributed by atoms with Crippen molar-refractivity contribution in [1.29, 1.82) is 0 Å². The maximum absolute atomic E-state index is 12.0. The summed E-state index contributed by atoms with van der Waals surface area (Å²) in [6.45, 7) is 5.31. The van der Waals surface area contributed by atoms with Gasteiger partial charge >= 0.3 is 6.18 Å². The molecule has 15 heavy (non-hydrogen) atoms. The fourth-order valence-electron chi connectivity index (χ4n) is 1.96. The zero-order valence-corrected chi connectivity index (χ0v) is 9.19. The van der Waals surface area contributed by atoms with Crippen LogP contribution in [0.2, 0.25) is 0 Å². The minimum absolute atomic E-state index is 0.413. The first-order chi connectivity index (χ1) is 6.88. The predicted octanol–water partition coefficient (Wildman–Crippen LogP) is 1.91. The molecule has 5 heteroatoms. The van der Waals surface area contributed by atoms with E-state index < -0.39 is 18.6 Å². The molecule has 0 spiro atoms. The Kier molecular flexibility index (Phi) is 4.40. The molecule has 2 nitrogen and oxygen atoms in total. The fraction of sp³-hybridized carbons (Fsp3) is 1.00. The molecule has 1 aliphatic rings. The van der Waals surface area contributed by atoms with E-state index in [0.717, 1.165) is 13.0 Å². The van der Waals surface area contributed by atoms with Crippen LogP contribution in [0.1, 0.15) is 26.7 Å². The van der Waals surface area contributed by atoms with Crippen LogP contribution in [-0.4, -0.2) is 31.3 Å². The van der Waals surface area contributed by atoms with Gasteiger partial charge in [-0.3, -0.25) is 0 Å². The van der Waals surface area contributed by atoms with E-state index in [1.807, 2.05) is 0 Å². The number of alkyl halides is 3. The molecule has 0 aromatic heterocycles. The first-order valence-corrected chi connectivity index (χ1v) is 5.42. The third-order valence-electron chi connectivity index (χ3n) is 2.95. The third-order valence-corrected chi connectivity index (χ3v) is 2.95. The molecule has 3 unspecified atom stereocenters. The van der Waals surface area contributed by atoms with Gasteiger partial charge < -0.3 is 10.6 Å². The Labute approximate surface area is 88.6 Å². The summed E-state index contributed by atoms with van der Waals surface area (Å²) < 4.78 is 36.1. The summed E-state index contributed by atoms with van der Waals surface area (Å²) >= 11 is 0. The third kappa shape index (κ3) is 4.84. The van der Waals surface area contributed by atoms with Crippen molar-refractivity contribution in [3.8, 4) is 0 Å². The van der Waals surface area contributed by atoms with Crippen molar-refractivity contribution in [2.24, 2.45) is 5.92 Å². The van der Waals surface area contributed by atoms with Gasteiger partial charge in [-0.1, -0.05) is 0 Å². The highest BCUT2D eigenvalue weighted by Gasteiger charge is 2.30. The van der Waals surface area contributed by atoms with Crippen LogP contribution in [0.3, 0.4) is 0 Å². The van der Waals surface area contributed by atoms with Gasteiger partial charge in [-0.05, 0) is 39.3 Å². The van der Waals surface area contributed by atoms with Gasteiger partial charge in [0.05, 0.1) is 6.42 Å². The number of hydrogen-bond donors (Lipinski definition) is 2. The lowest BCUT2D eigenvalue weighted by Gasteiger charge is -2.20. The highest BCUT2D eigenvalue weighted by molar-refractivity contribution is 4.82. The van der Waals surface area contributed by atoms with Gasteiger partial charge in [0.1, 0.15) is 0 Å². The van der Waals surface area contributed by atoms with Crippen LogP contribution in [0.25, 0.3) is 0 Å². The lowest BCUT2D eigenvalue weighted by atomic mass is 10.0. The van der Waals surface area contributed by atoms with Gasteiger partial charge in [0.25, 0.3) is 0 Å². The van der Waals surface area contributed by atoms with Gasteiger partial charge in [-0.2, -0.15) is 13.2 Å². The Morgan fingerprint density at radius 1 is 1.47 bits per heavy atom. The summed E-state index contributed by atoms with van der Waals surface area (Å²) in [5.74, 6) is 0.459. The highest BCUT2D eigenvalue weighted by atomic mass is 19.4. The molecule has 0 aromatic carbocycles. The Balaban J connectivity index is 2.19. The number of rotatable bonds is 4. The molecule has 90 valence electrons. The monoisotopic (exact) mass is 224 g/mol. The topological polar surface area (TPSA) is 24.1 Å². The molecule has 0 aromatic rings. The molecule has 1 fully saturated rings. The summed E-state index contributed by atoms with van der Waals surface area (Å²) in [6, 6.07) is -0.0756. The Bertz CT molecular complexity index is 194. The van der Waals surface area contributed by atoms with E-state index in [4.69, 9.17) is 0 Å². The van der Waals surface area contributed by atoms with E-state index in [9.17, 15) is 13.2 Å². The van der Waals surface area contributed by atoms with E-state index in [0.29, 0.717) is 18.5 Å². The van der Waals surface area contributed by atoms with Crippen LogP contribution in [0.5, 0.6) is 0 Å². The zero-order chi connectivity index (χ0) is 11.5. The standard InChI is InChI=1S/C10H19F3N2/c1-7(5-10(11,12)13)15-6-9-3-4-14-8(9)2/h7-9,14-15H,3-6H2,1-2H3. The summed E-state index contributed by atoms with van der Waals surface area (Å²) in [7, 11) is 0. The molecular formula is C10H19F3N2. The van der Waals surface area contributed by atoms with Crippen molar-refractivity contribution >= 4 is 0 Å². The van der Waals surface area contributed by atoms with Gasteiger partial charge in [0.15, 0.2) is 0 Å². The maximum atomic E-state index is 12.0. The van der Waals surface area contributed by atoms with E-state index in [1.165, 1.54) is 0 Å². The Hall–Kier alpha value is -0.290. The van der Waals surface area contributed by atoms with Crippen LogP contribution < -0.4 is 10.6 Å². The SMILES string of the molecule is CC(CC(F)(F)F)NCC1CCNC1C. The lowest BCUT2D eigenvalue weighted by molar-refractivity contribution is -0.139. The molecule has 0 amide bonds. The number of halogens is 3. The van der Waals surface area contributed by atoms with Gasteiger partial charge in [0, 0.05) is 12.1 Å². The fourth-order valence-corrected chi connectivity index (χ4v) is 1.96. The van der Waals surface area contributed by atoms with Crippen molar-refractivity contribution in [1.82, 2.24) is 10.6 Å². The van der Waals surface area contributed by atoms with Crippen LogP contribution in [0.15, 0.2) is 0 Å². The molecule has 3 atom stereocenters. The molecule has 1 rings (SSSR count). The van der Waals surface area contributed by atoms with Crippen molar-refractivity contribution in [2.45, 2.75) is 44.9 Å². The molecule has 1 aliphatic heterocycles. The van der Waals surface area contributed by atoms with Crippen LogP contribution in [0, 0.1) is 5.92 Å². The molecule has 0 aliphatic carbocycles. The predicted molar refractivity (Wildman–Crippen MR) is 53.7 cm³/mol. The van der Waals surface area contributed by atoms with Crippen LogP contribution in [-0.2, 0) is 0 Å². The van der Waals surface area contributed by atoms with Gasteiger partial charge in [-0.15, -0.1) is 0 Å². The zero-order valence-electron chi connectivity index (χ0n) is 9.19. The number of nitrogens with one attached hydrogen (secondary N) is 2. The largest absolute Gasteiger partial charge is 0.390 e. The quantitative estimate of drug-likeness (QED) is 0.762. The molecule has 1 saturated heterocycles. The van der Waals surface area contributed by atoms with Crippen molar-refractivity contribution < 1.29 is 13.2 Å². The van der Waals surface area contributed by atoms with Crippen LogP contribution in [0.4, 0.5) is 13.2 Å². The minimum Gasteiger partial charge on any atom is -0.314 e. The second-order valence-electron chi connectivity index (χ2n) is 4.42. The second kappa shape index (κ2) is 5.16. The molecule has 2 N–H and O–H groups in total. The lowest BCUT2D eigenvalue weighted by Crippen LogP contribution is -2.37. The average molecular weight is 224 g/mol. The average Bonchev–Trinajstić information content (AvgIpc) is 2.44. The highest BCUT2D eigenvalue weighted by Crippen LogP contribution is 2.21. The second-order valence-corrected chi connectivity index (χ2v) is 4.42. The molecule has 0 saturated carbocycles. The summed E-state index contributed by atoms with van der Waals surface area (Å²) in [5, 5.41) is 6.23. The first kappa shape index (κ1) is 12.8. The minimum atomic E-state index is -4.06. The summed E-state index contributed by atoms with van der Waals surface area (Å²) in [4.78, 5) is 0. The molecule has 0 bridgehead atoms. The van der Waals surface area contributed by atoms with Crippen molar-refractivity contribution in [3.63, 3.8) is 0 Å². The maximum Gasteiger partial charge on any atom is 0.390 e. The summed E-state index contributed by atoms with van der Waals surface area (Å²) in [5.41, 5.74) is 0. The van der Waals surface area contributed by atoms with Gasteiger partial charge in [0.2, 0.25) is 0 Å². The van der Waals surface area contributed by atoms with E-state index in [2.05, 4.69) is 17.6 Å². The summed E-state index contributed by atoms with van der Waals surface area (Å²) in [6.07, 6.45) is -3.76. The molecular weight excluding hydrogens is 205 g/mol. The van der Waals surface area contributed by atoms with E-state index in [1.54, 1.807) is 6.92 Å². The molecule has 0 radical (unpaired) electrons.